The van der Waals surface area contributed by atoms with Crippen LogP contribution in [-0.2, 0) is 0 Å². The van der Waals surface area contributed by atoms with Gasteiger partial charge in [-0.1, -0.05) is 18.2 Å². The fourth-order valence-corrected chi connectivity index (χ4v) is 1.66. The van der Waals surface area contributed by atoms with Crippen LogP contribution < -0.4 is 5.73 Å². The van der Waals surface area contributed by atoms with Gasteiger partial charge in [0, 0.05) is 10.9 Å². The van der Waals surface area contributed by atoms with E-state index in [0.717, 1.165) is 22.3 Å². The molecule has 0 aliphatic carbocycles. The molecule has 4 nitrogen and oxygen atoms in total. The maximum atomic E-state index is 5.81. The Bertz CT molecular complexity index is 575. The van der Waals surface area contributed by atoms with Crippen molar-refractivity contribution in [2.45, 2.75) is 0 Å². The zero-order valence-electron chi connectivity index (χ0n) is 7.77. The summed E-state index contributed by atoms with van der Waals surface area (Å²) < 4.78 is 0. The van der Waals surface area contributed by atoms with Crippen molar-refractivity contribution >= 4 is 29.1 Å². The van der Waals surface area contributed by atoms with Crippen LogP contribution in [0.3, 0.4) is 0 Å². The number of nitrogens with zero attached hydrogens (tertiary/aromatic N) is 2. The number of aromatic amines is 1. The molecule has 76 valence electrons. The lowest BCUT2D eigenvalue weighted by atomic mass is 10.1. The molecule has 2 heterocycles. The average molecular weight is 221 g/mol. The summed E-state index contributed by atoms with van der Waals surface area (Å²) >= 11 is 0. The number of nitrogens with one attached hydrogen (secondary N) is 1. The molecule has 0 bridgehead atoms. The molecule has 3 rings (SSSR count). The minimum atomic E-state index is 0. The molecular weight excluding hydrogens is 212 g/mol. The smallest absolute Gasteiger partial charge is 0.131 e. The molecule has 0 unspecified atom stereocenters. The van der Waals surface area contributed by atoms with Gasteiger partial charge in [-0.15, -0.1) is 12.4 Å². The zero-order valence-corrected chi connectivity index (χ0v) is 8.58. The van der Waals surface area contributed by atoms with E-state index in [1.165, 1.54) is 6.33 Å². The van der Waals surface area contributed by atoms with E-state index in [2.05, 4.69) is 15.0 Å². The average Bonchev–Trinajstić information content (AvgIpc) is 2.67. The van der Waals surface area contributed by atoms with Gasteiger partial charge in [0.1, 0.15) is 23.5 Å². The molecule has 2 aliphatic rings. The molecule has 0 fully saturated rings. The Hall–Kier alpha value is -1.81. The molecular formula is C10H9ClN4. The molecule has 3 N–H and O–H groups in total. The predicted molar refractivity (Wildman–Crippen MR) is 62.2 cm³/mol. The minimum absolute atomic E-state index is 0. The van der Waals surface area contributed by atoms with Crippen molar-refractivity contribution in [1.29, 1.82) is 0 Å². The van der Waals surface area contributed by atoms with Gasteiger partial charge in [-0.2, -0.15) is 0 Å². The number of halogens is 1. The fraction of sp³-hybridized carbons (Fsp3) is 0. The van der Waals surface area contributed by atoms with Gasteiger partial charge < -0.3 is 10.7 Å². The number of pyridine rings is 1. The molecule has 0 radical (unpaired) electrons. The van der Waals surface area contributed by atoms with E-state index >= 15 is 0 Å². The number of H-pyrrole nitrogens is 1. The lowest BCUT2D eigenvalue weighted by Crippen LogP contribution is -1.96. The first kappa shape index (κ1) is 9.73. The molecule has 0 aromatic heterocycles. The van der Waals surface area contributed by atoms with Crippen LogP contribution in [0.15, 0.2) is 30.6 Å². The van der Waals surface area contributed by atoms with Gasteiger partial charge in [0.05, 0.1) is 0 Å². The van der Waals surface area contributed by atoms with Gasteiger partial charge in [-0.05, 0) is 6.07 Å². The number of nitrogens with two attached hydrogens (primary N) is 1. The van der Waals surface area contributed by atoms with Gasteiger partial charge >= 0.3 is 0 Å². The van der Waals surface area contributed by atoms with Crippen LogP contribution in [0.1, 0.15) is 0 Å². The van der Waals surface area contributed by atoms with Crippen molar-refractivity contribution in [3.63, 3.8) is 0 Å². The number of para-hydroxylation sites is 1. The topological polar surface area (TPSA) is 67.6 Å². The normalized spacial score (nSPS) is 10.4. The van der Waals surface area contributed by atoms with Crippen molar-refractivity contribution in [3.8, 4) is 11.4 Å². The van der Waals surface area contributed by atoms with E-state index in [1.54, 1.807) is 0 Å². The summed E-state index contributed by atoms with van der Waals surface area (Å²) in [7, 11) is 0. The highest BCUT2D eigenvalue weighted by atomic mass is 35.5. The lowest BCUT2D eigenvalue weighted by molar-refractivity contribution is 1.32. The molecule has 0 spiro atoms. The number of nitrogen functional groups attached to an aromatic ring is 1. The van der Waals surface area contributed by atoms with E-state index in [-0.39, 0.29) is 12.4 Å². The number of fused-ring (bicyclic) bond motifs is 3. The second kappa shape index (κ2) is 3.40. The Morgan fingerprint density at radius 1 is 1.07 bits per heavy atom. The summed E-state index contributed by atoms with van der Waals surface area (Å²) in [5, 5.41) is 1.05. The zero-order chi connectivity index (χ0) is 9.54. The van der Waals surface area contributed by atoms with Gasteiger partial charge in [0.2, 0.25) is 0 Å². The summed E-state index contributed by atoms with van der Waals surface area (Å²) in [4.78, 5) is 11.4. The van der Waals surface area contributed by atoms with Crippen LogP contribution in [0, 0.1) is 0 Å². The van der Waals surface area contributed by atoms with E-state index in [0.29, 0.717) is 5.82 Å². The fourth-order valence-electron chi connectivity index (χ4n) is 1.66. The molecule has 2 aliphatic heterocycles. The highest BCUT2D eigenvalue weighted by Gasteiger charge is 2.13. The molecule has 0 amide bonds. The van der Waals surface area contributed by atoms with Crippen molar-refractivity contribution < 1.29 is 0 Å². The third-order valence-electron chi connectivity index (χ3n) is 2.30. The minimum Gasteiger partial charge on any atom is -0.383 e. The number of benzene rings is 1. The first-order valence-electron chi connectivity index (χ1n) is 4.33. The van der Waals surface area contributed by atoms with Crippen LogP contribution in [0.25, 0.3) is 22.3 Å². The third-order valence-corrected chi connectivity index (χ3v) is 2.30. The summed E-state index contributed by atoms with van der Waals surface area (Å²) in [5.41, 5.74) is 8.39. The maximum Gasteiger partial charge on any atom is 0.131 e. The third kappa shape index (κ3) is 1.30. The Kier molecular flexibility index (Phi) is 2.21. The number of hydrogen-bond donors (Lipinski definition) is 2. The van der Waals surface area contributed by atoms with Crippen LogP contribution >= 0.6 is 12.4 Å². The van der Waals surface area contributed by atoms with Crippen LogP contribution in [0.5, 0.6) is 0 Å². The molecule has 1 aromatic rings. The first-order chi connectivity index (χ1) is 6.86. The number of anilines is 1. The van der Waals surface area contributed by atoms with Crippen molar-refractivity contribution in [3.05, 3.63) is 30.6 Å². The van der Waals surface area contributed by atoms with Crippen molar-refractivity contribution in [2.75, 3.05) is 5.73 Å². The Morgan fingerprint density at radius 2 is 1.80 bits per heavy atom. The summed E-state index contributed by atoms with van der Waals surface area (Å²) in [5.74, 6) is 0.566. The summed E-state index contributed by atoms with van der Waals surface area (Å²) in [6.45, 7) is 0. The SMILES string of the molecule is Cl.Nc1[nH]c2ccccc2c2ncnc1-2. The summed E-state index contributed by atoms with van der Waals surface area (Å²) in [6, 6.07) is 7.91. The van der Waals surface area contributed by atoms with Crippen LogP contribution in [0.2, 0.25) is 0 Å². The van der Waals surface area contributed by atoms with Crippen molar-refractivity contribution in [1.82, 2.24) is 15.0 Å². The van der Waals surface area contributed by atoms with Gasteiger partial charge in [0.25, 0.3) is 0 Å². The number of imidazole rings is 1. The largest absolute Gasteiger partial charge is 0.383 e. The summed E-state index contributed by atoms with van der Waals surface area (Å²) in [6.07, 6.45) is 1.53. The van der Waals surface area contributed by atoms with Gasteiger partial charge in [-0.25, -0.2) is 9.97 Å². The molecule has 5 heteroatoms. The van der Waals surface area contributed by atoms with Crippen molar-refractivity contribution in [2.24, 2.45) is 0 Å². The van der Waals surface area contributed by atoms with E-state index in [4.69, 9.17) is 5.73 Å². The standard InChI is InChI=1S/C10H8N4.ClH/c11-10-9-8(12-5-13-9)6-3-1-2-4-7(6)14-10;/h1-5,14H,11H2;1H. The Balaban J connectivity index is 0.000000853. The highest BCUT2D eigenvalue weighted by molar-refractivity contribution is 5.96. The monoisotopic (exact) mass is 220 g/mol. The highest BCUT2D eigenvalue weighted by Crippen LogP contribution is 2.29. The van der Waals surface area contributed by atoms with E-state index in [9.17, 15) is 0 Å². The molecule has 15 heavy (non-hydrogen) atoms. The second-order valence-corrected chi connectivity index (χ2v) is 3.16. The first-order valence-corrected chi connectivity index (χ1v) is 4.33. The quantitative estimate of drug-likeness (QED) is 0.610. The van der Waals surface area contributed by atoms with E-state index in [1.807, 2.05) is 24.3 Å². The number of rotatable bonds is 0. The molecule has 1 aromatic carbocycles. The lowest BCUT2D eigenvalue weighted by Gasteiger charge is -2.05. The Morgan fingerprint density at radius 3 is 2.67 bits per heavy atom. The Labute approximate surface area is 92.3 Å². The number of aromatic nitrogens is 3. The van der Waals surface area contributed by atoms with Crippen LogP contribution in [-0.4, -0.2) is 15.0 Å². The number of hydrogen-bond acceptors (Lipinski definition) is 3. The predicted octanol–water partition coefficient (Wildman–Crippen LogP) is 2.07. The molecule has 0 saturated carbocycles. The van der Waals surface area contributed by atoms with Crippen LogP contribution in [0.4, 0.5) is 5.82 Å². The van der Waals surface area contributed by atoms with Gasteiger partial charge in [0.15, 0.2) is 0 Å². The molecule has 0 atom stereocenters. The van der Waals surface area contributed by atoms with Gasteiger partial charge in [-0.3, -0.25) is 0 Å². The van der Waals surface area contributed by atoms with E-state index < -0.39 is 0 Å². The molecule has 0 saturated heterocycles. The maximum absolute atomic E-state index is 5.81. The second-order valence-electron chi connectivity index (χ2n) is 3.16.